The third-order valence-corrected chi connectivity index (χ3v) is 0. The molecule has 0 saturated heterocycles. The summed E-state index contributed by atoms with van der Waals surface area (Å²) in [6, 6.07) is 0. The first kappa shape index (κ1) is 58.7. The summed E-state index contributed by atoms with van der Waals surface area (Å²) in [5.41, 5.74) is 0. The molecule has 0 aliphatic rings. The summed E-state index contributed by atoms with van der Waals surface area (Å²) >= 11 is 0. The number of aliphatic hydroxyl groups excluding tert-OH is 2. The molecule has 2 N–H and O–H groups in total. The van der Waals surface area contributed by atoms with Crippen molar-refractivity contribution in [3.63, 3.8) is 0 Å². The Morgan fingerprint density at radius 2 is 0.625 bits per heavy atom. The van der Waals surface area contributed by atoms with Crippen molar-refractivity contribution in [3.05, 3.63) is 0 Å². The summed E-state index contributed by atoms with van der Waals surface area (Å²) in [6.45, 7) is 0. The van der Waals surface area contributed by atoms with Crippen LogP contribution in [0.5, 0.6) is 0 Å². The van der Waals surface area contributed by atoms with Crippen molar-refractivity contribution in [3.8, 4) is 0 Å². The number of rotatable bonds is 0. The minimum atomic E-state index is 0. The van der Waals surface area contributed by atoms with Crippen molar-refractivity contribution >= 4 is 0 Å². The molecule has 0 aliphatic carbocycles. The summed E-state index contributed by atoms with van der Waals surface area (Å²) in [6.07, 6.45) is 0. The maximum absolute atomic E-state index is 7.00. The molecule has 0 aromatic carbocycles. The largest absolute Gasteiger partial charge is 3.00 e. The molecule has 0 aliphatic heterocycles. The van der Waals surface area contributed by atoms with Crippen LogP contribution in [0.1, 0.15) is 0 Å². The summed E-state index contributed by atoms with van der Waals surface area (Å²) in [7, 11) is 2.00. The van der Waals surface area contributed by atoms with Gasteiger partial charge in [-0.05, 0) is 0 Å². The smallest absolute Gasteiger partial charge is 1.00 e. The van der Waals surface area contributed by atoms with Crippen molar-refractivity contribution in [2.75, 3.05) is 14.2 Å². The molecule has 0 saturated carbocycles. The van der Waals surface area contributed by atoms with E-state index in [1.54, 1.807) is 0 Å². The van der Waals surface area contributed by atoms with E-state index in [4.69, 9.17) is 10.2 Å². The Labute approximate surface area is 78.8 Å². The van der Waals surface area contributed by atoms with Gasteiger partial charge in [-0.2, -0.15) is 0 Å². The van der Waals surface area contributed by atoms with Crippen molar-refractivity contribution in [1.82, 2.24) is 0 Å². The van der Waals surface area contributed by atoms with Crippen molar-refractivity contribution in [2.24, 2.45) is 0 Å². The Bertz CT molecular complexity index is 15.2. The van der Waals surface area contributed by atoms with Gasteiger partial charge in [0.15, 0.2) is 0 Å². The summed E-state index contributed by atoms with van der Waals surface area (Å²) in [5.74, 6) is 0. The van der Waals surface area contributed by atoms with Gasteiger partial charge in [-0.3, -0.25) is 0 Å². The zero-order chi connectivity index (χ0) is 4.00. The second kappa shape index (κ2) is 259. The van der Waals surface area contributed by atoms with Crippen LogP contribution in [-0.4, -0.2) is 24.4 Å². The Morgan fingerprint density at radius 1 is 0.625 bits per heavy atom. The zero-order valence-electron chi connectivity index (χ0n) is 4.38. The quantitative estimate of drug-likeness (QED) is 0.403. The molecule has 2 nitrogen and oxygen atoms in total. The van der Waals surface area contributed by atoms with E-state index in [0.717, 1.165) is 14.2 Å². The Morgan fingerprint density at radius 3 is 0.625 bits per heavy atom. The molecular formula is C2H8Cl3FeO2. The van der Waals surface area contributed by atoms with Gasteiger partial charge in [-0.1, -0.05) is 0 Å². The third-order valence-electron chi connectivity index (χ3n) is 0. The van der Waals surface area contributed by atoms with Gasteiger partial charge in [0, 0.05) is 14.2 Å². The number of hydrogen-bond acceptors (Lipinski definition) is 2. The number of halogens is 3. The van der Waals surface area contributed by atoms with E-state index in [2.05, 4.69) is 0 Å². The van der Waals surface area contributed by atoms with E-state index in [1.807, 2.05) is 0 Å². The topological polar surface area (TPSA) is 40.5 Å². The molecule has 0 spiro atoms. The maximum Gasteiger partial charge on any atom is 3.00 e. The fourth-order valence-electron chi connectivity index (χ4n) is 0. The molecule has 0 aromatic heterocycles. The van der Waals surface area contributed by atoms with Gasteiger partial charge in [0.1, 0.15) is 0 Å². The predicted octanol–water partition coefficient (Wildman–Crippen LogP) is -9.77. The normalized spacial score (nSPS) is 1.50. The van der Waals surface area contributed by atoms with Crippen molar-refractivity contribution < 1.29 is 64.5 Å². The third kappa shape index (κ3) is 170. The predicted molar refractivity (Wildman–Crippen MR) is 16.3 cm³/mol. The van der Waals surface area contributed by atoms with Crippen LogP contribution in [-0.2, 0) is 17.1 Å². The van der Waals surface area contributed by atoms with Crippen LogP contribution in [0.3, 0.4) is 0 Å². The summed E-state index contributed by atoms with van der Waals surface area (Å²) < 4.78 is 0. The van der Waals surface area contributed by atoms with Gasteiger partial charge in [-0.25, -0.2) is 0 Å². The number of aliphatic hydroxyl groups is 2. The molecular weight excluding hydrogens is 218 g/mol. The minimum absolute atomic E-state index is 0. The molecule has 0 atom stereocenters. The van der Waals surface area contributed by atoms with Gasteiger partial charge in [0.25, 0.3) is 0 Å². The monoisotopic (exact) mass is 225 g/mol. The van der Waals surface area contributed by atoms with E-state index in [1.165, 1.54) is 0 Å². The van der Waals surface area contributed by atoms with Crippen LogP contribution < -0.4 is 37.2 Å². The Hall–Kier alpha value is 1.31. The van der Waals surface area contributed by atoms with Gasteiger partial charge in [-0.15, -0.1) is 0 Å². The van der Waals surface area contributed by atoms with Gasteiger partial charge >= 0.3 is 17.1 Å². The van der Waals surface area contributed by atoms with Crippen LogP contribution in [0.25, 0.3) is 0 Å². The number of hydrogen-bond donors (Lipinski definition) is 2. The molecule has 0 unspecified atom stereocenters. The van der Waals surface area contributed by atoms with Gasteiger partial charge in [0.05, 0.1) is 0 Å². The second-order valence-corrected chi connectivity index (χ2v) is 0. The Balaban J connectivity index is -0.00000000167. The standard InChI is InChI=1S/2CH4O.3ClH.Fe/c2*1-2;;;;/h2*2H,1H3;3*1H;/q;;;;;+3/p-3. The molecule has 8 heavy (non-hydrogen) atoms. The molecule has 0 amide bonds. The van der Waals surface area contributed by atoms with Gasteiger partial charge < -0.3 is 47.4 Å². The summed E-state index contributed by atoms with van der Waals surface area (Å²) in [5, 5.41) is 14.0. The second-order valence-electron chi connectivity index (χ2n) is 0. The molecule has 0 rings (SSSR count). The average Bonchev–Trinajstić information content (AvgIpc) is 1.50. The SMILES string of the molecule is CO.CO.[Cl-].[Cl-].[Cl-].[Fe+3]. The zero-order valence-corrected chi connectivity index (χ0v) is 7.75. The molecule has 1 radical (unpaired) electrons. The molecule has 0 aromatic rings. The minimum Gasteiger partial charge on any atom is -1.00 e. The van der Waals surface area contributed by atoms with Crippen LogP contribution in [0.15, 0.2) is 0 Å². The first-order valence-electron chi connectivity index (χ1n) is 0.894. The molecule has 6 heteroatoms. The van der Waals surface area contributed by atoms with E-state index in [9.17, 15) is 0 Å². The molecule has 57 valence electrons. The molecule has 0 heterocycles. The van der Waals surface area contributed by atoms with E-state index >= 15 is 0 Å². The fraction of sp³-hybridized carbons (Fsp3) is 1.00. The Kier molecular flexibility index (Phi) is 1900. The van der Waals surface area contributed by atoms with E-state index in [-0.39, 0.29) is 54.3 Å². The van der Waals surface area contributed by atoms with Crippen molar-refractivity contribution in [2.45, 2.75) is 0 Å². The van der Waals surface area contributed by atoms with Gasteiger partial charge in [0.2, 0.25) is 0 Å². The fourth-order valence-corrected chi connectivity index (χ4v) is 0. The molecule has 0 fully saturated rings. The van der Waals surface area contributed by atoms with E-state index < -0.39 is 0 Å². The van der Waals surface area contributed by atoms with Crippen LogP contribution in [0.4, 0.5) is 0 Å². The van der Waals surface area contributed by atoms with Crippen LogP contribution in [0.2, 0.25) is 0 Å². The molecule has 0 bridgehead atoms. The van der Waals surface area contributed by atoms with E-state index in [0.29, 0.717) is 0 Å². The maximum atomic E-state index is 7.00. The first-order chi connectivity index (χ1) is 2.00. The first-order valence-corrected chi connectivity index (χ1v) is 0.894. The van der Waals surface area contributed by atoms with Crippen molar-refractivity contribution in [1.29, 1.82) is 0 Å². The van der Waals surface area contributed by atoms with Crippen LogP contribution in [0, 0.1) is 0 Å². The summed E-state index contributed by atoms with van der Waals surface area (Å²) in [4.78, 5) is 0. The van der Waals surface area contributed by atoms with Crippen LogP contribution >= 0.6 is 0 Å². The average molecular weight is 226 g/mol.